The molecule has 1 fully saturated rings. The molecule has 0 N–H and O–H groups in total. The molecular weight excluding hydrogens is 316 g/mol. The van der Waals surface area contributed by atoms with E-state index in [0.29, 0.717) is 17.9 Å². The minimum atomic E-state index is -0.519. The van der Waals surface area contributed by atoms with E-state index in [1.165, 1.54) is 44.2 Å². The molecule has 138 valence electrons. The molecule has 0 aliphatic heterocycles. The highest BCUT2D eigenvalue weighted by Crippen LogP contribution is 2.33. The highest BCUT2D eigenvalue weighted by Gasteiger charge is 2.20. The first-order chi connectivity index (χ1) is 11.6. The van der Waals surface area contributed by atoms with Gasteiger partial charge in [-0.05, 0) is 42.7 Å². The Hall–Kier alpha value is -1.06. The zero-order chi connectivity index (χ0) is 17.8. The lowest BCUT2D eigenvalue weighted by atomic mass is 9.79. The Morgan fingerprint density at radius 1 is 0.875 bits per heavy atom. The average molecular weight is 346 g/mol. The van der Waals surface area contributed by atoms with E-state index in [2.05, 4.69) is 0 Å². The highest BCUT2D eigenvalue weighted by molar-refractivity contribution is 5.18. The van der Waals surface area contributed by atoms with Gasteiger partial charge in [-0.25, -0.2) is 8.78 Å². The van der Waals surface area contributed by atoms with Crippen LogP contribution in [-0.4, -0.2) is 13.3 Å². The maximum atomic E-state index is 12.6. The summed E-state index contributed by atoms with van der Waals surface area (Å²) in [6, 6.07) is 3.63. The smallest absolute Gasteiger partial charge is 0.129 e. The first-order valence-corrected chi connectivity index (χ1v) is 9.16. The minimum absolute atomic E-state index is 0.156. The molecular formula is C20H30F4. The van der Waals surface area contributed by atoms with Crippen molar-refractivity contribution in [1.82, 2.24) is 0 Å². The molecule has 24 heavy (non-hydrogen) atoms. The van der Waals surface area contributed by atoms with Gasteiger partial charge in [0.25, 0.3) is 0 Å². The van der Waals surface area contributed by atoms with Crippen molar-refractivity contribution >= 4 is 0 Å². The second-order valence-electron chi connectivity index (χ2n) is 6.64. The minimum Gasteiger partial charge on any atom is -0.251 e. The predicted octanol–water partition coefficient (Wildman–Crippen LogP) is 6.82. The van der Waals surface area contributed by atoms with Crippen LogP contribution in [0.25, 0.3) is 0 Å². The van der Waals surface area contributed by atoms with Gasteiger partial charge < -0.3 is 0 Å². The van der Waals surface area contributed by atoms with Gasteiger partial charge in [0, 0.05) is 6.07 Å². The topological polar surface area (TPSA) is 0 Å². The van der Waals surface area contributed by atoms with Gasteiger partial charge in [0.2, 0.25) is 0 Å². The lowest BCUT2D eigenvalue weighted by Gasteiger charge is -2.27. The largest absolute Gasteiger partial charge is 0.251 e. The summed E-state index contributed by atoms with van der Waals surface area (Å²) in [6.45, 7) is 1.50. The fourth-order valence-corrected chi connectivity index (χ4v) is 3.30. The number of hydrogen-bond donors (Lipinski definition) is 0. The third-order valence-corrected chi connectivity index (χ3v) is 4.88. The van der Waals surface area contributed by atoms with Crippen molar-refractivity contribution < 1.29 is 17.6 Å². The van der Waals surface area contributed by atoms with E-state index >= 15 is 0 Å². The summed E-state index contributed by atoms with van der Waals surface area (Å²) in [5, 5.41) is 0. The third kappa shape index (κ3) is 8.16. The van der Waals surface area contributed by atoms with Crippen LogP contribution in [0.5, 0.6) is 0 Å². The van der Waals surface area contributed by atoms with E-state index in [9.17, 15) is 17.6 Å². The van der Waals surface area contributed by atoms with Crippen molar-refractivity contribution in [3.63, 3.8) is 0 Å². The van der Waals surface area contributed by atoms with Crippen molar-refractivity contribution in [3.05, 3.63) is 35.4 Å². The average Bonchev–Trinajstić information content (AvgIpc) is 2.58. The summed E-state index contributed by atoms with van der Waals surface area (Å²) in [4.78, 5) is 0. The second kappa shape index (κ2) is 12.3. The molecule has 0 atom stereocenters. The van der Waals surface area contributed by atoms with Crippen LogP contribution >= 0.6 is 0 Å². The van der Waals surface area contributed by atoms with Crippen LogP contribution in [0.2, 0.25) is 0 Å². The molecule has 1 aromatic carbocycles. The number of alkyl halides is 2. The van der Waals surface area contributed by atoms with Gasteiger partial charge in [0.05, 0.1) is 13.3 Å². The van der Waals surface area contributed by atoms with Crippen molar-refractivity contribution in [1.29, 1.82) is 0 Å². The highest BCUT2D eigenvalue weighted by atomic mass is 19.1. The van der Waals surface area contributed by atoms with Gasteiger partial charge >= 0.3 is 0 Å². The molecule has 0 saturated heterocycles. The fourth-order valence-electron chi connectivity index (χ4n) is 3.30. The number of halogens is 4. The molecule has 0 unspecified atom stereocenters. The van der Waals surface area contributed by atoms with E-state index in [4.69, 9.17) is 0 Å². The molecule has 0 heterocycles. The van der Waals surface area contributed by atoms with Gasteiger partial charge in [0.15, 0.2) is 0 Å². The standard InChI is InChI=1S/C12H22F2.C8H8F2/c13-9-2-1-3-11-4-6-12(7-5-11)8-10-14;1-2-6-3-4-7(9)5-8(6)10/h11-12H,1-10H2;3-5H,2H2,1H3. The Morgan fingerprint density at radius 2 is 1.50 bits per heavy atom. The molecule has 1 saturated carbocycles. The van der Waals surface area contributed by atoms with E-state index in [1.54, 1.807) is 0 Å². The Kier molecular flexibility index (Phi) is 10.8. The zero-order valence-corrected chi connectivity index (χ0v) is 14.7. The maximum Gasteiger partial charge on any atom is 0.129 e. The summed E-state index contributed by atoms with van der Waals surface area (Å²) >= 11 is 0. The molecule has 2 rings (SSSR count). The molecule has 0 spiro atoms. The van der Waals surface area contributed by atoms with Crippen LogP contribution in [0.4, 0.5) is 17.6 Å². The number of benzene rings is 1. The molecule has 1 aromatic rings. The van der Waals surface area contributed by atoms with Gasteiger partial charge in [-0.2, -0.15) is 0 Å². The zero-order valence-electron chi connectivity index (χ0n) is 14.7. The number of unbranched alkanes of at least 4 members (excludes halogenated alkanes) is 1. The predicted molar refractivity (Wildman–Crippen MR) is 91.6 cm³/mol. The quantitative estimate of drug-likeness (QED) is 0.375. The molecule has 0 bridgehead atoms. The first kappa shape index (κ1) is 21.0. The molecule has 1 aliphatic carbocycles. The van der Waals surface area contributed by atoms with E-state index < -0.39 is 11.6 Å². The Morgan fingerprint density at radius 3 is 2.00 bits per heavy atom. The monoisotopic (exact) mass is 346 g/mol. The van der Waals surface area contributed by atoms with Crippen LogP contribution < -0.4 is 0 Å². The SMILES string of the molecule is CCc1ccc(F)cc1F.FCCCCC1CCC(CCF)CC1. The summed E-state index contributed by atoms with van der Waals surface area (Å²) in [5.74, 6) is 0.465. The van der Waals surface area contributed by atoms with Crippen molar-refractivity contribution in [2.75, 3.05) is 13.3 Å². The number of hydrogen-bond acceptors (Lipinski definition) is 0. The lowest BCUT2D eigenvalue weighted by molar-refractivity contribution is 0.234. The fraction of sp³-hybridized carbons (Fsp3) is 0.700. The number of rotatable bonds is 7. The Balaban J connectivity index is 0.000000254. The maximum absolute atomic E-state index is 12.6. The van der Waals surface area contributed by atoms with Gasteiger partial charge in [0.1, 0.15) is 11.6 Å². The molecule has 4 heteroatoms. The van der Waals surface area contributed by atoms with Gasteiger partial charge in [-0.15, -0.1) is 0 Å². The first-order valence-electron chi connectivity index (χ1n) is 9.16. The normalized spacial score (nSPS) is 20.4. The molecule has 0 radical (unpaired) electrons. The van der Waals surface area contributed by atoms with E-state index in [0.717, 1.165) is 31.2 Å². The van der Waals surface area contributed by atoms with Crippen LogP contribution in [0.3, 0.4) is 0 Å². The van der Waals surface area contributed by atoms with Crippen LogP contribution in [-0.2, 0) is 6.42 Å². The Bertz CT molecular complexity index is 439. The van der Waals surface area contributed by atoms with E-state index in [-0.39, 0.29) is 13.3 Å². The van der Waals surface area contributed by atoms with Crippen LogP contribution in [0.1, 0.15) is 63.9 Å². The van der Waals surface area contributed by atoms with Crippen molar-refractivity contribution in [2.24, 2.45) is 11.8 Å². The molecule has 0 aromatic heterocycles. The summed E-state index contributed by atoms with van der Waals surface area (Å²) in [7, 11) is 0. The number of aryl methyl sites for hydroxylation is 1. The summed E-state index contributed by atoms with van der Waals surface area (Å²) in [6.07, 6.45) is 9.21. The summed E-state index contributed by atoms with van der Waals surface area (Å²) < 4.78 is 48.8. The van der Waals surface area contributed by atoms with Gasteiger partial charge in [-0.1, -0.05) is 51.5 Å². The molecule has 0 nitrogen and oxygen atoms in total. The van der Waals surface area contributed by atoms with Gasteiger partial charge in [-0.3, -0.25) is 8.78 Å². The molecule has 0 amide bonds. The molecule has 1 aliphatic rings. The van der Waals surface area contributed by atoms with Crippen LogP contribution in [0.15, 0.2) is 18.2 Å². The van der Waals surface area contributed by atoms with E-state index in [1.807, 2.05) is 6.92 Å². The van der Waals surface area contributed by atoms with Crippen molar-refractivity contribution in [3.8, 4) is 0 Å². The van der Waals surface area contributed by atoms with Crippen LogP contribution in [0, 0.1) is 23.5 Å². The Labute approximate surface area is 143 Å². The third-order valence-electron chi connectivity index (χ3n) is 4.88. The lowest BCUT2D eigenvalue weighted by Crippen LogP contribution is -2.15. The summed E-state index contributed by atoms with van der Waals surface area (Å²) in [5.41, 5.74) is 0.557. The van der Waals surface area contributed by atoms with Crippen molar-refractivity contribution in [2.45, 2.75) is 64.7 Å². The second-order valence-corrected chi connectivity index (χ2v) is 6.64.